The third-order valence-electron chi connectivity index (χ3n) is 10.2. The minimum atomic E-state index is -1.02. The topological polar surface area (TPSA) is 92.7 Å². The van der Waals surface area contributed by atoms with Crippen molar-refractivity contribution in [1.82, 2.24) is 5.32 Å². The van der Waals surface area contributed by atoms with E-state index in [-0.39, 0.29) is 24.5 Å². The lowest BCUT2D eigenvalue weighted by Gasteiger charge is -2.18. The molecule has 1 atom stereocenters. The molecule has 0 aliphatic rings. The third-order valence-corrected chi connectivity index (χ3v) is 10.2. The van der Waals surface area contributed by atoms with Gasteiger partial charge in [0.15, 0.2) is 0 Å². The normalized spacial score (nSPS) is 12.6. The number of unbranched alkanes of at least 4 members (excludes halogenated alkanes) is 21. The van der Waals surface area contributed by atoms with Gasteiger partial charge in [0.2, 0.25) is 5.91 Å². The molecule has 0 aliphatic carbocycles. The third kappa shape index (κ3) is 43.8. The second-order valence-electron chi connectivity index (χ2n) is 15.6. The summed E-state index contributed by atoms with van der Waals surface area (Å²) >= 11 is 0. The van der Waals surface area contributed by atoms with Gasteiger partial charge >= 0.3 is 11.9 Å². The van der Waals surface area contributed by atoms with E-state index in [9.17, 15) is 14.4 Å². The number of carboxylic acid groups (broad SMARTS) is 1. The number of aliphatic carboxylic acids is 1. The summed E-state index contributed by atoms with van der Waals surface area (Å²) in [7, 11) is 0. The highest BCUT2D eigenvalue weighted by Gasteiger charge is 2.14. The van der Waals surface area contributed by atoms with Crippen LogP contribution in [0.1, 0.15) is 226 Å². The van der Waals surface area contributed by atoms with Crippen LogP contribution in [0.4, 0.5) is 0 Å². The van der Waals surface area contributed by atoms with Crippen molar-refractivity contribution >= 4 is 17.8 Å². The van der Waals surface area contributed by atoms with Gasteiger partial charge in [-0.2, -0.15) is 0 Å². The number of hydrogen-bond donors (Lipinski definition) is 2. The fourth-order valence-corrected chi connectivity index (χ4v) is 6.68. The van der Waals surface area contributed by atoms with E-state index in [1.165, 1.54) is 103 Å². The van der Waals surface area contributed by atoms with Gasteiger partial charge in [-0.1, -0.05) is 171 Å². The van der Waals surface area contributed by atoms with E-state index in [2.05, 4.69) is 79.9 Å². The zero-order valence-electron chi connectivity index (χ0n) is 36.5. The molecule has 0 bridgehead atoms. The van der Waals surface area contributed by atoms with Crippen molar-refractivity contribution in [2.24, 2.45) is 0 Å². The first kappa shape index (κ1) is 53.1. The molecule has 0 radical (unpaired) electrons. The smallest absolute Gasteiger partial charge is 0.322 e. The molecule has 322 valence electrons. The molecule has 0 rings (SSSR count). The molecule has 1 unspecified atom stereocenters. The average Bonchev–Trinajstić information content (AvgIpc) is 3.18. The summed E-state index contributed by atoms with van der Waals surface area (Å²) in [6, 6.07) is 0. The number of carbonyl (C=O) groups is 3. The number of ether oxygens (including phenoxy) is 1. The molecule has 0 aromatic heterocycles. The molecule has 0 fully saturated rings. The predicted molar refractivity (Wildman–Crippen MR) is 240 cm³/mol. The Morgan fingerprint density at radius 2 is 0.839 bits per heavy atom. The van der Waals surface area contributed by atoms with E-state index in [0.717, 1.165) is 96.3 Å². The molecule has 0 spiro atoms. The first-order valence-corrected chi connectivity index (χ1v) is 23.4. The van der Waals surface area contributed by atoms with Crippen molar-refractivity contribution in [3.63, 3.8) is 0 Å². The van der Waals surface area contributed by atoms with Crippen LogP contribution in [0.15, 0.2) is 60.8 Å². The van der Waals surface area contributed by atoms with Crippen molar-refractivity contribution in [2.75, 3.05) is 6.54 Å². The van der Waals surface area contributed by atoms with Crippen LogP contribution < -0.4 is 5.32 Å². The second-order valence-corrected chi connectivity index (χ2v) is 15.6. The SMILES string of the molecule is CCCCCCC/C=C\C/C=C\C/C=C\CCCCCCCCC(=O)OC(CCC/C=C\C/C=C\CCCCCCC)CCCCCCCC(=O)NCC(=O)O. The summed E-state index contributed by atoms with van der Waals surface area (Å²) in [4.78, 5) is 35.1. The second kappa shape index (κ2) is 44.8. The van der Waals surface area contributed by atoms with Gasteiger partial charge in [-0.25, -0.2) is 0 Å². The Hall–Kier alpha value is -2.89. The van der Waals surface area contributed by atoms with Gasteiger partial charge in [-0.15, -0.1) is 0 Å². The van der Waals surface area contributed by atoms with E-state index in [0.29, 0.717) is 12.8 Å². The molecule has 56 heavy (non-hydrogen) atoms. The van der Waals surface area contributed by atoms with E-state index in [1.807, 2.05) is 0 Å². The highest BCUT2D eigenvalue weighted by atomic mass is 16.5. The molecular weight excluding hydrogens is 695 g/mol. The van der Waals surface area contributed by atoms with Crippen molar-refractivity contribution < 1.29 is 24.2 Å². The molecule has 0 heterocycles. The number of carboxylic acids is 1. The Morgan fingerprint density at radius 1 is 0.464 bits per heavy atom. The van der Waals surface area contributed by atoms with Gasteiger partial charge in [-0.05, 0) is 103 Å². The van der Waals surface area contributed by atoms with Crippen LogP contribution in [0.5, 0.6) is 0 Å². The number of carbonyl (C=O) groups excluding carboxylic acids is 2. The number of esters is 1. The fourth-order valence-electron chi connectivity index (χ4n) is 6.68. The Balaban J connectivity index is 4.21. The van der Waals surface area contributed by atoms with Crippen LogP contribution in [-0.4, -0.2) is 35.6 Å². The molecular formula is C50H87NO5. The molecule has 0 aliphatic heterocycles. The summed E-state index contributed by atoms with van der Waals surface area (Å²) < 4.78 is 6.02. The van der Waals surface area contributed by atoms with Crippen molar-refractivity contribution in [2.45, 2.75) is 232 Å². The molecule has 1 amide bonds. The van der Waals surface area contributed by atoms with E-state index < -0.39 is 5.97 Å². The fraction of sp³-hybridized carbons (Fsp3) is 0.740. The van der Waals surface area contributed by atoms with Crippen LogP contribution in [0.3, 0.4) is 0 Å². The lowest BCUT2D eigenvalue weighted by Crippen LogP contribution is -2.28. The van der Waals surface area contributed by atoms with Crippen LogP contribution in [0.2, 0.25) is 0 Å². The number of rotatable bonds is 42. The van der Waals surface area contributed by atoms with Crippen molar-refractivity contribution in [3.05, 3.63) is 60.8 Å². The minimum absolute atomic E-state index is 0.0272. The quantitative estimate of drug-likeness (QED) is 0.0365. The number of allylic oxidation sites excluding steroid dienone is 10. The highest BCUT2D eigenvalue weighted by Crippen LogP contribution is 2.18. The molecule has 0 saturated heterocycles. The van der Waals surface area contributed by atoms with Crippen LogP contribution in [0, 0.1) is 0 Å². The highest BCUT2D eigenvalue weighted by molar-refractivity contribution is 5.80. The Morgan fingerprint density at radius 3 is 1.32 bits per heavy atom. The van der Waals surface area contributed by atoms with Gasteiger partial charge in [0.25, 0.3) is 0 Å². The molecule has 0 aromatic rings. The van der Waals surface area contributed by atoms with Crippen LogP contribution in [-0.2, 0) is 19.1 Å². The zero-order chi connectivity index (χ0) is 40.8. The summed E-state index contributed by atoms with van der Waals surface area (Å²) in [6.07, 6.45) is 59.2. The minimum Gasteiger partial charge on any atom is -0.480 e. The lowest BCUT2D eigenvalue weighted by molar-refractivity contribution is -0.150. The van der Waals surface area contributed by atoms with E-state index in [4.69, 9.17) is 9.84 Å². The first-order chi connectivity index (χ1) is 27.5. The van der Waals surface area contributed by atoms with Gasteiger partial charge in [0, 0.05) is 12.8 Å². The number of amides is 1. The zero-order valence-corrected chi connectivity index (χ0v) is 36.5. The molecule has 0 aromatic carbocycles. The first-order valence-electron chi connectivity index (χ1n) is 23.4. The predicted octanol–water partition coefficient (Wildman–Crippen LogP) is 14.8. The van der Waals surface area contributed by atoms with E-state index in [1.54, 1.807) is 0 Å². The van der Waals surface area contributed by atoms with Crippen molar-refractivity contribution in [1.29, 1.82) is 0 Å². The monoisotopic (exact) mass is 782 g/mol. The maximum Gasteiger partial charge on any atom is 0.322 e. The average molecular weight is 782 g/mol. The van der Waals surface area contributed by atoms with Crippen LogP contribution >= 0.6 is 0 Å². The largest absolute Gasteiger partial charge is 0.480 e. The number of hydrogen-bond acceptors (Lipinski definition) is 4. The standard InChI is InChI=1S/C50H87NO5/c1-3-5-7-9-11-13-15-17-18-19-20-21-22-23-24-26-28-30-32-37-41-45-50(55)56-47(43-39-35-33-36-40-44-48(52)51-46-49(53)54)42-38-34-31-29-27-25-16-14-12-10-8-6-4-2/h15-17,19-20,22-23,25,29,31,47H,3-14,18,21,24,26-28,30,32-46H2,1-2H3,(H,51,52)(H,53,54)/b17-15-,20-19-,23-22-,25-16-,31-29-. The lowest BCUT2D eigenvalue weighted by atomic mass is 10.0. The number of nitrogens with one attached hydrogen (secondary N) is 1. The maximum atomic E-state index is 12.8. The van der Waals surface area contributed by atoms with Crippen molar-refractivity contribution in [3.8, 4) is 0 Å². The Kier molecular flexibility index (Phi) is 42.5. The van der Waals surface area contributed by atoms with E-state index >= 15 is 0 Å². The molecule has 0 saturated carbocycles. The Bertz CT molecular complexity index is 1040. The maximum absolute atomic E-state index is 12.8. The van der Waals surface area contributed by atoms with Crippen LogP contribution in [0.25, 0.3) is 0 Å². The summed E-state index contributed by atoms with van der Waals surface area (Å²) in [6.45, 7) is 4.20. The molecule has 2 N–H and O–H groups in total. The summed E-state index contributed by atoms with van der Waals surface area (Å²) in [5.74, 6) is -1.27. The van der Waals surface area contributed by atoms with Gasteiger partial charge in [0.05, 0.1) is 0 Å². The summed E-state index contributed by atoms with van der Waals surface area (Å²) in [5.41, 5.74) is 0. The molecule has 6 nitrogen and oxygen atoms in total. The van der Waals surface area contributed by atoms with Gasteiger partial charge in [-0.3, -0.25) is 14.4 Å². The van der Waals surface area contributed by atoms with Gasteiger partial charge < -0.3 is 15.2 Å². The summed E-state index contributed by atoms with van der Waals surface area (Å²) in [5, 5.41) is 11.1. The molecule has 6 heteroatoms. The Labute approximate surface area is 345 Å². The van der Waals surface area contributed by atoms with Gasteiger partial charge in [0.1, 0.15) is 12.6 Å².